The summed E-state index contributed by atoms with van der Waals surface area (Å²) in [6.45, 7) is 0. The Kier molecular flexibility index (Phi) is 6.70. The number of carbonyl (C=O) groups is 6. The Hall–Kier alpha value is -7.46. The summed E-state index contributed by atoms with van der Waals surface area (Å²) >= 11 is 0. The molecule has 0 radical (unpaired) electrons. The maximum absolute atomic E-state index is 12.9. The lowest BCUT2D eigenvalue weighted by Gasteiger charge is -2.34. The van der Waals surface area contributed by atoms with Gasteiger partial charge in [-0.05, 0) is 68.8 Å². The Labute approximate surface area is 300 Å². The zero-order valence-corrected chi connectivity index (χ0v) is 27.5. The number of amides is 2. The minimum absolute atomic E-state index is 0.0192. The molecule has 10 nitrogen and oxygen atoms in total. The molecule has 2 amide bonds. The molecule has 0 saturated heterocycles. The predicted octanol–water partition coefficient (Wildman–Crippen LogP) is 6.20. The van der Waals surface area contributed by atoms with Crippen LogP contribution in [0.2, 0.25) is 0 Å². The molecule has 2 aliphatic heterocycles. The second kappa shape index (κ2) is 11.3. The van der Waals surface area contributed by atoms with Crippen LogP contribution < -0.4 is 11.5 Å². The van der Waals surface area contributed by atoms with Crippen LogP contribution in [0.4, 0.5) is 0 Å². The van der Waals surface area contributed by atoms with Crippen molar-refractivity contribution in [1.82, 2.24) is 0 Å². The van der Waals surface area contributed by atoms with Crippen molar-refractivity contribution in [3.05, 3.63) is 177 Å². The lowest BCUT2D eigenvalue weighted by Crippen LogP contribution is -2.28. The molecule has 10 heteroatoms. The molecule has 0 fully saturated rings. The summed E-state index contributed by atoms with van der Waals surface area (Å²) in [5.41, 5.74) is 17.9. The highest BCUT2D eigenvalue weighted by Gasteiger charge is 2.46. The first kappa shape index (κ1) is 31.5. The van der Waals surface area contributed by atoms with Gasteiger partial charge in [-0.25, -0.2) is 19.2 Å². The Bertz CT molecular complexity index is 2510. The monoisotopic (exact) mass is 696 g/mol. The van der Waals surface area contributed by atoms with Gasteiger partial charge in [0.05, 0.1) is 27.7 Å². The van der Waals surface area contributed by atoms with Crippen molar-refractivity contribution < 1.29 is 38.2 Å². The molecule has 0 bridgehead atoms. The van der Waals surface area contributed by atoms with E-state index in [1.807, 2.05) is 48.5 Å². The summed E-state index contributed by atoms with van der Waals surface area (Å²) in [6, 6.07) is 36.4. The molecular weight excluding hydrogens is 672 g/mol. The van der Waals surface area contributed by atoms with E-state index in [2.05, 4.69) is 24.3 Å². The number of primary amides is 2. The standard InChI is InChI=1S/C43H24N2O8/c44-37(46)27-17-19-29-35(41(50)52-39(29)48)33(27)21-9-13-23(14-10-21)43(31-7-3-1-5-25(31)26-6-2-4-8-32(26)43)24-15-11-22(12-16-24)34-28(38(45)47)18-20-30-36(34)42(51)53-40(30)49/h1-20H,(H2,44,46)(H2,45,47). The Morgan fingerprint density at radius 3 is 1.17 bits per heavy atom. The molecule has 0 atom stereocenters. The molecule has 9 rings (SSSR count). The zero-order valence-electron chi connectivity index (χ0n) is 27.5. The number of carbonyl (C=O) groups excluding carboxylic acids is 6. The molecule has 4 N–H and O–H groups in total. The summed E-state index contributed by atoms with van der Waals surface area (Å²) in [6.07, 6.45) is 0. The van der Waals surface area contributed by atoms with Crippen LogP contribution in [0, 0.1) is 0 Å². The van der Waals surface area contributed by atoms with Crippen molar-refractivity contribution >= 4 is 35.7 Å². The van der Waals surface area contributed by atoms with E-state index in [4.69, 9.17) is 20.9 Å². The predicted molar refractivity (Wildman–Crippen MR) is 191 cm³/mol. The molecule has 6 aromatic rings. The number of nitrogens with two attached hydrogens (primary N) is 2. The minimum atomic E-state index is -0.898. The average molecular weight is 697 g/mol. The van der Waals surface area contributed by atoms with Crippen molar-refractivity contribution in [2.75, 3.05) is 0 Å². The number of benzene rings is 6. The van der Waals surface area contributed by atoms with Crippen LogP contribution in [0.15, 0.2) is 121 Å². The van der Waals surface area contributed by atoms with Crippen LogP contribution >= 0.6 is 0 Å². The van der Waals surface area contributed by atoms with Gasteiger partial charge in [-0.3, -0.25) is 9.59 Å². The maximum Gasteiger partial charge on any atom is 0.347 e. The van der Waals surface area contributed by atoms with Crippen molar-refractivity contribution in [3.8, 4) is 33.4 Å². The number of hydrogen-bond donors (Lipinski definition) is 2. The van der Waals surface area contributed by atoms with Gasteiger partial charge in [0, 0.05) is 22.3 Å². The maximum atomic E-state index is 12.9. The van der Waals surface area contributed by atoms with Crippen molar-refractivity contribution in [2.45, 2.75) is 5.41 Å². The molecule has 0 spiro atoms. The number of rotatable bonds is 6. The lowest BCUT2D eigenvalue weighted by molar-refractivity contribution is 0.0426. The van der Waals surface area contributed by atoms with E-state index < -0.39 is 41.1 Å². The van der Waals surface area contributed by atoms with E-state index >= 15 is 0 Å². The van der Waals surface area contributed by atoms with Crippen molar-refractivity contribution in [2.24, 2.45) is 11.5 Å². The van der Waals surface area contributed by atoms with E-state index in [-0.39, 0.29) is 44.5 Å². The van der Waals surface area contributed by atoms with Crippen LogP contribution in [0.1, 0.15) is 84.4 Å². The van der Waals surface area contributed by atoms with Crippen molar-refractivity contribution in [3.63, 3.8) is 0 Å². The largest absolute Gasteiger partial charge is 0.386 e. The second-order valence-electron chi connectivity index (χ2n) is 12.9. The van der Waals surface area contributed by atoms with Gasteiger partial charge in [-0.1, -0.05) is 97.1 Å². The summed E-state index contributed by atoms with van der Waals surface area (Å²) in [4.78, 5) is 75.7. The first-order valence-electron chi connectivity index (χ1n) is 16.5. The smallest absolute Gasteiger partial charge is 0.347 e. The van der Waals surface area contributed by atoms with Gasteiger partial charge in [0.2, 0.25) is 11.8 Å². The fourth-order valence-electron chi connectivity index (χ4n) is 8.16. The number of esters is 4. The van der Waals surface area contributed by atoms with Gasteiger partial charge < -0.3 is 20.9 Å². The number of ether oxygens (including phenoxy) is 2. The summed E-state index contributed by atoms with van der Waals surface area (Å²) in [5, 5.41) is 0. The van der Waals surface area contributed by atoms with Gasteiger partial charge in [0.25, 0.3) is 0 Å². The molecule has 3 aliphatic rings. The normalized spacial score (nSPS) is 14.6. The third-order valence-electron chi connectivity index (χ3n) is 10.3. The third kappa shape index (κ3) is 4.32. The summed E-state index contributed by atoms with van der Waals surface area (Å²) in [7, 11) is 0. The Morgan fingerprint density at radius 2 is 0.792 bits per heavy atom. The first-order valence-corrected chi connectivity index (χ1v) is 16.5. The van der Waals surface area contributed by atoms with Crippen LogP contribution in [-0.2, 0) is 14.9 Å². The number of cyclic esters (lactones) is 4. The minimum Gasteiger partial charge on any atom is -0.386 e. The van der Waals surface area contributed by atoms with Gasteiger partial charge in [-0.2, -0.15) is 0 Å². The molecule has 6 aromatic carbocycles. The van der Waals surface area contributed by atoms with Crippen LogP contribution in [0.3, 0.4) is 0 Å². The van der Waals surface area contributed by atoms with E-state index in [1.165, 1.54) is 24.3 Å². The highest BCUT2D eigenvalue weighted by Crippen LogP contribution is 2.56. The lowest BCUT2D eigenvalue weighted by atomic mass is 9.67. The second-order valence-corrected chi connectivity index (χ2v) is 12.9. The Morgan fingerprint density at radius 1 is 0.415 bits per heavy atom. The zero-order chi connectivity index (χ0) is 36.8. The Balaban J connectivity index is 1.26. The topological polar surface area (TPSA) is 173 Å². The third-order valence-corrected chi connectivity index (χ3v) is 10.3. The number of fused-ring (bicyclic) bond motifs is 5. The van der Waals surface area contributed by atoms with E-state index in [0.29, 0.717) is 11.1 Å². The molecule has 254 valence electrons. The van der Waals surface area contributed by atoms with Gasteiger partial charge in [0.15, 0.2) is 0 Å². The summed E-state index contributed by atoms with van der Waals surface area (Å²) < 4.78 is 9.77. The van der Waals surface area contributed by atoms with Crippen LogP contribution in [0.5, 0.6) is 0 Å². The molecular formula is C43H24N2O8. The van der Waals surface area contributed by atoms with E-state index in [9.17, 15) is 28.8 Å². The van der Waals surface area contributed by atoms with Gasteiger partial charge in [-0.15, -0.1) is 0 Å². The van der Waals surface area contributed by atoms with Gasteiger partial charge >= 0.3 is 23.9 Å². The quantitative estimate of drug-likeness (QED) is 0.153. The molecule has 1 aliphatic carbocycles. The molecule has 0 aromatic heterocycles. The van der Waals surface area contributed by atoms with Crippen LogP contribution in [-0.4, -0.2) is 35.7 Å². The SMILES string of the molecule is NC(=O)c1ccc2c(c1-c1ccc(C3(c4ccc(-c5c(C(N)=O)ccc6c5C(=O)OC6=O)cc4)c4ccccc4-c4ccccc43)cc1)C(=O)OC2=O. The fourth-order valence-corrected chi connectivity index (χ4v) is 8.16. The van der Waals surface area contributed by atoms with Crippen LogP contribution in [0.25, 0.3) is 33.4 Å². The number of hydrogen-bond acceptors (Lipinski definition) is 8. The first-order chi connectivity index (χ1) is 25.6. The molecule has 0 unspecified atom stereocenters. The molecule has 2 heterocycles. The van der Waals surface area contributed by atoms with Gasteiger partial charge in [0.1, 0.15) is 0 Å². The fraction of sp³-hybridized carbons (Fsp3) is 0.0233. The molecule has 53 heavy (non-hydrogen) atoms. The van der Waals surface area contributed by atoms with Crippen molar-refractivity contribution in [1.29, 1.82) is 0 Å². The summed E-state index contributed by atoms with van der Waals surface area (Å²) in [5.74, 6) is -4.85. The highest BCUT2D eigenvalue weighted by molar-refractivity contribution is 6.21. The van der Waals surface area contributed by atoms with E-state index in [1.54, 1.807) is 24.3 Å². The highest BCUT2D eigenvalue weighted by atomic mass is 16.6. The molecule has 0 saturated carbocycles. The average Bonchev–Trinajstić information content (AvgIpc) is 3.76. The van der Waals surface area contributed by atoms with E-state index in [0.717, 1.165) is 33.4 Å².